The second-order valence-electron chi connectivity index (χ2n) is 16.1. The Morgan fingerprint density at radius 1 is 0.339 bits per heavy atom. The summed E-state index contributed by atoms with van der Waals surface area (Å²) in [6, 6.07) is 76.8. The van der Waals surface area contributed by atoms with Crippen LogP contribution in [0.1, 0.15) is 25.0 Å². The average Bonchev–Trinajstić information content (AvgIpc) is 3.79. The molecule has 1 aliphatic rings. The zero-order valence-electron chi connectivity index (χ0n) is 33.1. The minimum absolute atomic E-state index is 0.0106. The zero-order valence-corrected chi connectivity index (χ0v) is 33.1. The average molecular weight is 756 g/mol. The highest BCUT2D eigenvalue weighted by Crippen LogP contribution is 2.49. The van der Waals surface area contributed by atoms with E-state index in [1.165, 1.54) is 61.2 Å². The number of hydrogen-bond acceptors (Lipinski definition) is 2. The summed E-state index contributed by atoms with van der Waals surface area (Å²) in [4.78, 5) is 2.34. The summed E-state index contributed by atoms with van der Waals surface area (Å²) in [5.74, 6) is 0. The molecule has 9 aromatic carbocycles. The number of anilines is 3. The van der Waals surface area contributed by atoms with Crippen molar-refractivity contribution in [1.82, 2.24) is 0 Å². The van der Waals surface area contributed by atoms with Crippen molar-refractivity contribution >= 4 is 39.0 Å². The summed E-state index contributed by atoms with van der Waals surface area (Å²) in [6.07, 6.45) is 0. The van der Waals surface area contributed by atoms with Crippen molar-refractivity contribution in [1.29, 1.82) is 0 Å². The van der Waals surface area contributed by atoms with Gasteiger partial charge in [-0.25, -0.2) is 0 Å². The van der Waals surface area contributed by atoms with Gasteiger partial charge in [-0.3, -0.25) is 0 Å². The van der Waals surface area contributed by atoms with Crippen LogP contribution in [0.25, 0.3) is 77.6 Å². The maximum atomic E-state index is 6.22. The Hall–Kier alpha value is -7.42. The highest BCUT2D eigenvalue weighted by Gasteiger charge is 2.35. The summed E-state index contributed by atoms with van der Waals surface area (Å²) in [6.45, 7) is 4.67. The van der Waals surface area contributed by atoms with Crippen LogP contribution in [-0.2, 0) is 5.41 Å². The van der Waals surface area contributed by atoms with Crippen LogP contribution in [0.3, 0.4) is 0 Å². The largest absolute Gasteiger partial charge is 0.456 e. The second-order valence-corrected chi connectivity index (χ2v) is 16.1. The van der Waals surface area contributed by atoms with Crippen LogP contribution in [0.4, 0.5) is 17.1 Å². The molecule has 0 fully saturated rings. The predicted molar refractivity (Wildman–Crippen MR) is 248 cm³/mol. The van der Waals surface area contributed by atoms with E-state index in [4.69, 9.17) is 4.42 Å². The van der Waals surface area contributed by atoms with Crippen LogP contribution >= 0.6 is 0 Å². The molecule has 0 amide bonds. The molecule has 11 rings (SSSR count). The van der Waals surface area contributed by atoms with Gasteiger partial charge < -0.3 is 9.32 Å². The molecule has 1 aliphatic carbocycles. The summed E-state index contributed by atoms with van der Waals surface area (Å²) >= 11 is 0. The van der Waals surface area contributed by atoms with Gasteiger partial charge in [0.2, 0.25) is 0 Å². The maximum Gasteiger partial charge on any atom is 0.136 e. The van der Waals surface area contributed by atoms with Crippen LogP contribution in [-0.4, -0.2) is 0 Å². The molecule has 0 saturated heterocycles. The maximum absolute atomic E-state index is 6.22. The van der Waals surface area contributed by atoms with Gasteiger partial charge in [0.05, 0.1) is 0 Å². The van der Waals surface area contributed by atoms with E-state index < -0.39 is 0 Å². The number of fused-ring (bicyclic) bond motifs is 6. The lowest BCUT2D eigenvalue weighted by Crippen LogP contribution is -2.14. The van der Waals surface area contributed by atoms with Crippen molar-refractivity contribution < 1.29 is 4.42 Å². The minimum atomic E-state index is 0.0106. The van der Waals surface area contributed by atoms with Gasteiger partial charge >= 0.3 is 0 Å². The fourth-order valence-electron chi connectivity index (χ4n) is 9.24. The predicted octanol–water partition coefficient (Wildman–Crippen LogP) is 16.0. The lowest BCUT2D eigenvalue weighted by molar-refractivity contribution is 0.660. The Morgan fingerprint density at radius 3 is 1.46 bits per heavy atom. The standard InChI is InChI=1S/C57H41NO/c1-57(2)52-16-8-6-13-49(52)51-37-44(29-36-53(51)57)42-21-19-39(20-22-42)41-25-32-46(33-26-41)58(45-30-23-40(24-31-45)38-11-4-3-5-12-38)47-34-27-43(28-35-47)48-15-10-18-55-56(48)50-14-7-9-17-54(50)59-55/h3-37H,1-2H3. The lowest BCUT2D eigenvalue weighted by atomic mass is 9.82. The molecule has 1 aromatic heterocycles. The number of nitrogens with zero attached hydrogens (tertiary/aromatic N) is 1. The molecule has 0 aliphatic heterocycles. The number of rotatable bonds is 7. The Labute approximate surface area is 345 Å². The quantitative estimate of drug-likeness (QED) is 0.161. The first-order valence-electron chi connectivity index (χ1n) is 20.4. The van der Waals surface area contributed by atoms with Gasteiger partial charge in [-0.2, -0.15) is 0 Å². The SMILES string of the molecule is CC1(C)c2ccccc2-c2cc(-c3ccc(-c4ccc(N(c5ccc(-c6ccccc6)cc5)c5ccc(-c6cccc7oc8ccccc8c67)cc5)cc4)cc3)ccc21. The smallest absolute Gasteiger partial charge is 0.136 e. The molecule has 0 atom stereocenters. The van der Waals surface area contributed by atoms with Crippen molar-refractivity contribution in [2.24, 2.45) is 0 Å². The molecule has 0 radical (unpaired) electrons. The third-order valence-electron chi connectivity index (χ3n) is 12.3. The first kappa shape index (κ1) is 34.8. The van der Waals surface area contributed by atoms with Gasteiger partial charge in [-0.15, -0.1) is 0 Å². The monoisotopic (exact) mass is 755 g/mol. The molecule has 0 saturated carbocycles. The third-order valence-corrected chi connectivity index (χ3v) is 12.3. The lowest BCUT2D eigenvalue weighted by Gasteiger charge is -2.26. The Morgan fingerprint density at radius 2 is 0.797 bits per heavy atom. The number of hydrogen-bond donors (Lipinski definition) is 0. The Balaban J connectivity index is 0.920. The molecule has 0 spiro atoms. The molecule has 10 aromatic rings. The van der Waals surface area contributed by atoms with E-state index >= 15 is 0 Å². The van der Waals surface area contributed by atoms with Gasteiger partial charge in [0.15, 0.2) is 0 Å². The topological polar surface area (TPSA) is 16.4 Å². The van der Waals surface area contributed by atoms with Crippen LogP contribution in [0.5, 0.6) is 0 Å². The van der Waals surface area contributed by atoms with E-state index in [0.29, 0.717) is 0 Å². The molecule has 2 nitrogen and oxygen atoms in total. The van der Waals surface area contributed by atoms with Crippen LogP contribution in [0, 0.1) is 0 Å². The number of benzene rings is 9. The minimum Gasteiger partial charge on any atom is -0.456 e. The van der Waals surface area contributed by atoms with Crippen molar-refractivity contribution in [3.8, 4) is 55.6 Å². The fraction of sp³-hybridized carbons (Fsp3) is 0.0526. The van der Waals surface area contributed by atoms with E-state index in [-0.39, 0.29) is 5.41 Å². The molecule has 1 heterocycles. The molecular weight excluding hydrogens is 715 g/mol. The number of para-hydroxylation sites is 1. The Bertz CT molecular complexity index is 3140. The van der Waals surface area contributed by atoms with E-state index in [0.717, 1.165) is 44.6 Å². The highest BCUT2D eigenvalue weighted by atomic mass is 16.3. The van der Waals surface area contributed by atoms with E-state index in [2.05, 4.69) is 219 Å². The first-order valence-corrected chi connectivity index (χ1v) is 20.4. The van der Waals surface area contributed by atoms with Crippen molar-refractivity contribution in [2.45, 2.75) is 19.3 Å². The van der Waals surface area contributed by atoms with E-state index in [9.17, 15) is 0 Å². The summed E-state index contributed by atoms with van der Waals surface area (Å²) in [5, 5.41) is 2.28. The third kappa shape index (κ3) is 5.96. The fourth-order valence-corrected chi connectivity index (χ4v) is 9.24. The second kappa shape index (κ2) is 13.9. The summed E-state index contributed by atoms with van der Waals surface area (Å²) in [5.41, 5.74) is 20.2. The van der Waals surface area contributed by atoms with Crippen molar-refractivity contribution in [3.05, 3.63) is 223 Å². The summed E-state index contributed by atoms with van der Waals surface area (Å²) in [7, 11) is 0. The van der Waals surface area contributed by atoms with Crippen molar-refractivity contribution in [2.75, 3.05) is 4.90 Å². The molecule has 59 heavy (non-hydrogen) atoms. The molecule has 0 unspecified atom stereocenters. The number of furan rings is 1. The van der Waals surface area contributed by atoms with Crippen LogP contribution < -0.4 is 4.90 Å². The van der Waals surface area contributed by atoms with Crippen LogP contribution in [0.2, 0.25) is 0 Å². The zero-order chi connectivity index (χ0) is 39.5. The highest BCUT2D eigenvalue weighted by molar-refractivity contribution is 6.12. The van der Waals surface area contributed by atoms with Gasteiger partial charge in [0, 0.05) is 33.2 Å². The van der Waals surface area contributed by atoms with Gasteiger partial charge in [-0.05, 0) is 121 Å². The normalized spacial score (nSPS) is 12.7. The van der Waals surface area contributed by atoms with Crippen molar-refractivity contribution in [3.63, 3.8) is 0 Å². The molecule has 0 bridgehead atoms. The van der Waals surface area contributed by atoms with Crippen LogP contribution in [0.15, 0.2) is 217 Å². The van der Waals surface area contributed by atoms with E-state index in [1.54, 1.807) is 0 Å². The van der Waals surface area contributed by atoms with Gasteiger partial charge in [0.1, 0.15) is 11.2 Å². The van der Waals surface area contributed by atoms with Gasteiger partial charge in [-0.1, -0.05) is 172 Å². The van der Waals surface area contributed by atoms with Gasteiger partial charge in [0.25, 0.3) is 0 Å². The molecule has 0 N–H and O–H groups in total. The molecule has 280 valence electrons. The molecule has 2 heteroatoms. The Kier molecular flexibility index (Phi) is 8.20. The first-order chi connectivity index (χ1) is 29.0. The summed E-state index contributed by atoms with van der Waals surface area (Å²) < 4.78 is 6.22. The van der Waals surface area contributed by atoms with E-state index in [1.807, 2.05) is 12.1 Å². The molecular formula is C57H41NO.